The van der Waals surface area contributed by atoms with Gasteiger partial charge in [0.15, 0.2) is 0 Å². The van der Waals surface area contributed by atoms with Gasteiger partial charge in [-0.3, -0.25) is 13.8 Å². The van der Waals surface area contributed by atoms with Crippen LogP contribution in [0.3, 0.4) is 0 Å². The minimum Gasteiger partial charge on any atom is -0.497 e. The van der Waals surface area contributed by atoms with E-state index in [2.05, 4.69) is 10.0 Å². The Bertz CT molecular complexity index is 1780. The molecule has 0 heterocycles. The molecule has 0 aliphatic carbocycles. The van der Waals surface area contributed by atoms with E-state index in [4.69, 9.17) is 27.9 Å². The monoisotopic (exact) mass is 633 g/mol. The van der Waals surface area contributed by atoms with Gasteiger partial charge in [0.05, 0.1) is 28.3 Å². The summed E-state index contributed by atoms with van der Waals surface area (Å²) < 4.78 is 61.4. The Balaban J connectivity index is 1.54. The van der Waals surface area contributed by atoms with Gasteiger partial charge in [-0.05, 0) is 91.3 Å². The highest BCUT2D eigenvalue weighted by Crippen LogP contribution is 2.28. The third-order valence-corrected chi connectivity index (χ3v) is 9.56. The number of amides is 1. The van der Waals surface area contributed by atoms with Crippen molar-refractivity contribution in [2.45, 2.75) is 16.7 Å². The summed E-state index contributed by atoms with van der Waals surface area (Å²) >= 11 is 12.1. The van der Waals surface area contributed by atoms with Gasteiger partial charge in [-0.1, -0.05) is 35.3 Å². The highest BCUT2D eigenvalue weighted by Gasteiger charge is 2.28. The largest absolute Gasteiger partial charge is 0.497 e. The topological polar surface area (TPSA) is 122 Å². The van der Waals surface area contributed by atoms with E-state index >= 15 is 0 Å². The number of rotatable bonds is 10. The number of nitrogens with one attached hydrogen (secondary N) is 2. The molecule has 0 aromatic heterocycles. The second-order valence-electron chi connectivity index (χ2n) is 8.80. The average Bonchev–Trinajstić information content (AvgIpc) is 2.94. The Kier molecular flexibility index (Phi) is 9.13. The smallest absolute Gasteiger partial charge is 0.264 e. The molecular formula is C28H25Cl2N3O6S2. The van der Waals surface area contributed by atoms with Crippen molar-refractivity contribution in [1.82, 2.24) is 0 Å². The van der Waals surface area contributed by atoms with Crippen molar-refractivity contribution in [2.75, 3.05) is 28.0 Å². The number of benzene rings is 4. The van der Waals surface area contributed by atoms with E-state index < -0.39 is 32.5 Å². The molecule has 0 aliphatic heterocycles. The molecule has 0 bridgehead atoms. The SMILES string of the molecule is COc1ccc(S(=O)(=O)N(CC(=O)Nc2ccc(S(=O)(=O)Nc3cc(Cl)ccc3C)cc2)c2cccc(Cl)c2)cc1. The lowest BCUT2D eigenvalue weighted by Gasteiger charge is -2.24. The van der Waals surface area contributed by atoms with Crippen LogP contribution in [0.15, 0.2) is 101 Å². The van der Waals surface area contributed by atoms with Crippen LogP contribution in [-0.2, 0) is 24.8 Å². The Morgan fingerprint density at radius 3 is 2.10 bits per heavy atom. The van der Waals surface area contributed by atoms with Gasteiger partial charge in [0.1, 0.15) is 12.3 Å². The zero-order chi connectivity index (χ0) is 29.8. The van der Waals surface area contributed by atoms with Gasteiger partial charge in [0.2, 0.25) is 5.91 Å². The number of hydrogen-bond donors (Lipinski definition) is 2. The number of sulfonamides is 2. The molecule has 1 amide bonds. The zero-order valence-electron chi connectivity index (χ0n) is 21.8. The van der Waals surface area contributed by atoms with Crippen LogP contribution < -0.4 is 19.1 Å². The summed E-state index contributed by atoms with van der Waals surface area (Å²) in [5.74, 6) is -0.190. The van der Waals surface area contributed by atoms with Crippen molar-refractivity contribution in [3.63, 3.8) is 0 Å². The second kappa shape index (κ2) is 12.4. The van der Waals surface area contributed by atoms with Crippen LogP contribution in [0.5, 0.6) is 5.75 Å². The van der Waals surface area contributed by atoms with E-state index in [9.17, 15) is 21.6 Å². The Labute approximate surface area is 248 Å². The first-order chi connectivity index (χ1) is 19.4. The summed E-state index contributed by atoms with van der Waals surface area (Å²) in [6.45, 7) is 1.17. The summed E-state index contributed by atoms with van der Waals surface area (Å²) in [6, 6.07) is 22.2. The van der Waals surface area contributed by atoms with Crippen LogP contribution in [0.1, 0.15) is 5.56 Å². The van der Waals surface area contributed by atoms with E-state index in [0.29, 0.717) is 22.0 Å². The predicted molar refractivity (Wildman–Crippen MR) is 161 cm³/mol. The van der Waals surface area contributed by atoms with Gasteiger partial charge >= 0.3 is 0 Å². The van der Waals surface area contributed by atoms with Crippen LogP contribution >= 0.6 is 23.2 Å². The van der Waals surface area contributed by atoms with Gasteiger partial charge in [-0.2, -0.15) is 0 Å². The molecule has 214 valence electrons. The fraction of sp³-hybridized carbons (Fsp3) is 0.107. The summed E-state index contributed by atoms with van der Waals surface area (Å²) in [6.07, 6.45) is 0. The number of carbonyl (C=O) groups excluding carboxylic acids is 1. The van der Waals surface area contributed by atoms with E-state index in [-0.39, 0.29) is 26.2 Å². The van der Waals surface area contributed by atoms with Crippen molar-refractivity contribution in [3.05, 3.63) is 107 Å². The molecule has 4 aromatic rings. The Morgan fingerprint density at radius 2 is 1.46 bits per heavy atom. The second-order valence-corrected chi connectivity index (χ2v) is 13.2. The molecule has 0 fully saturated rings. The van der Waals surface area contributed by atoms with Crippen molar-refractivity contribution in [3.8, 4) is 5.75 Å². The van der Waals surface area contributed by atoms with E-state index in [1.807, 2.05) is 0 Å². The summed E-state index contributed by atoms with van der Waals surface area (Å²) in [7, 11) is -6.66. The predicted octanol–water partition coefficient (Wildman–Crippen LogP) is 5.95. The fourth-order valence-electron chi connectivity index (χ4n) is 3.78. The maximum absolute atomic E-state index is 13.6. The average molecular weight is 635 g/mol. The molecule has 0 atom stereocenters. The van der Waals surface area contributed by atoms with Gasteiger partial charge in [-0.25, -0.2) is 16.8 Å². The zero-order valence-corrected chi connectivity index (χ0v) is 25.0. The van der Waals surface area contributed by atoms with Crippen molar-refractivity contribution in [1.29, 1.82) is 0 Å². The molecule has 13 heteroatoms. The van der Waals surface area contributed by atoms with Gasteiger partial charge in [-0.15, -0.1) is 0 Å². The van der Waals surface area contributed by atoms with Crippen LogP contribution in [0.25, 0.3) is 0 Å². The normalized spacial score (nSPS) is 11.5. The van der Waals surface area contributed by atoms with E-state index in [0.717, 1.165) is 4.31 Å². The first-order valence-electron chi connectivity index (χ1n) is 12.0. The lowest BCUT2D eigenvalue weighted by atomic mass is 10.2. The number of aryl methyl sites for hydroxylation is 1. The van der Waals surface area contributed by atoms with Gasteiger partial charge < -0.3 is 10.1 Å². The summed E-state index contributed by atoms with van der Waals surface area (Å²) in [4.78, 5) is 12.9. The number of halogens is 2. The number of hydrogen-bond acceptors (Lipinski definition) is 6. The standard InChI is InChI=1S/C28H25Cl2N3O6S2/c1-19-6-7-21(30)17-27(19)32-40(35,36)25-12-8-22(9-13-25)31-28(34)18-33(23-5-3-4-20(29)16-23)41(37,38)26-14-10-24(39-2)11-15-26/h3-17,32H,18H2,1-2H3,(H,31,34). The molecule has 4 aromatic carbocycles. The van der Waals surface area contributed by atoms with Crippen LogP contribution in [-0.4, -0.2) is 36.4 Å². The highest BCUT2D eigenvalue weighted by atomic mass is 35.5. The molecule has 0 saturated heterocycles. The molecule has 9 nitrogen and oxygen atoms in total. The van der Waals surface area contributed by atoms with Crippen LogP contribution in [0.4, 0.5) is 17.1 Å². The molecule has 0 radical (unpaired) electrons. The van der Waals surface area contributed by atoms with Crippen LogP contribution in [0.2, 0.25) is 10.0 Å². The Hall–Kier alpha value is -3.77. The Morgan fingerprint density at radius 1 is 0.829 bits per heavy atom. The lowest BCUT2D eigenvalue weighted by Crippen LogP contribution is -2.38. The van der Waals surface area contributed by atoms with Crippen molar-refractivity contribution < 1.29 is 26.4 Å². The third-order valence-electron chi connectivity index (χ3n) is 5.92. The molecule has 41 heavy (non-hydrogen) atoms. The lowest BCUT2D eigenvalue weighted by molar-refractivity contribution is -0.114. The quantitative estimate of drug-likeness (QED) is 0.223. The number of nitrogens with zero attached hydrogens (tertiary/aromatic N) is 1. The molecule has 4 rings (SSSR count). The fourth-order valence-corrected chi connectivity index (χ4v) is 6.67. The number of ether oxygens (including phenoxy) is 1. The van der Waals surface area contributed by atoms with Gasteiger partial charge in [0, 0.05) is 15.7 Å². The van der Waals surface area contributed by atoms with Crippen molar-refractivity contribution >= 4 is 66.2 Å². The molecular weight excluding hydrogens is 609 g/mol. The maximum Gasteiger partial charge on any atom is 0.264 e. The van der Waals surface area contributed by atoms with Crippen molar-refractivity contribution in [2.24, 2.45) is 0 Å². The number of methoxy groups -OCH3 is 1. The van der Waals surface area contributed by atoms with Gasteiger partial charge in [0.25, 0.3) is 20.0 Å². The minimum absolute atomic E-state index is 0.0440. The molecule has 0 unspecified atom stereocenters. The molecule has 0 saturated carbocycles. The minimum atomic E-state index is -4.18. The van der Waals surface area contributed by atoms with E-state index in [1.54, 1.807) is 31.2 Å². The summed E-state index contributed by atoms with van der Waals surface area (Å²) in [5.41, 5.74) is 1.48. The summed E-state index contributed by atoms with van der Waals surface area (Å²) in [5, 5.41) is 3.28. The highest BCUT2D eigenvalue weighted by molar-refractivity contribution is 7.93. The molecule has 0 aliphatic rings. The first kappa shape index (κ1) is 30.2. The van der Waals surface area contributed by atoms with Crippen LogP contribution in [0, 0.1) is 6.92 Å². The molecule has 0 spiro atoms. The van der Waals surface area contributed by atoms with E-state index in [1.165, 1.54) is 73.8 Å². The molecule has 2 N–H and O–H groups in total. The maximum atomic E-state index is 13.6. The first-order valence-corrected chi connectivity index (χ1v) is 15.7. The number of carbonyl (C=O) groups is 1. The third kappa shape index (κ3) is 7.31. The number of anilines is 3.